The molecular formula is C13H19BrN2O2. The van der Waals surface area contributed by atoms with Crippen LogP contribution in [0.1, 0.15) is 18.1 Å². The summed E-state index contributed by atoms with van der Waals surface area (Å²) in [5, 5.41) is 0. The number of rotatable bonds is 6. The van der Waals surface area contributed by atoms with Gasteiger partial charge in [-0.3, -0.25) is 4.79 Å². The SMILES string of the molecule is Cc1cc(Br)cc(CCN)c1OCC(C)C(N)=O. The number of nitrogens with two attached hydrogens (primary N) is 2. The number of carbonyl (C=O) groups excluding carboxylic acids is 1. The number of hydrogen-bond acceptors (Lipinski definition) is 3. The van der Waals surface area contributed by atoms with E-state index in [9.17, 15) is 4.79 Å². The van der Waals surface area contributed by atoms with E-state index < -0.39 is 0 Å². The van der Waals surface area contributed by atoms with E-state index in [2.05, 4.69) is 15.9 Å². The van der Waals surface area contributed by atoms with Gasteiger partial charge in [-0.05, 0) is 43.1 Å². The van der Waals surface area contributed by atoms with Crippen LogP contribution in [0.25, 0.3) is 0 Å². The number of carbonyl (C=O) groups is 1. The number of benzene rings is 1. The lowest BCUT2D eigenvalue weighted by Gasteiger charge is -2.16. The molecule has 1 amide bonds. The fourth-order valence-electron chi connectivity index (χ4n) is 1.64. The third-order valence-corrected chi connectivity index (χ3v) is 3.15. The van der Waals surface area contributed by atoms with E-state index in [0.29, 0.717) is 6.54 Å². The van der Waals surface area contributed by atoms with Crippen LogP contribution in [0.5, 0.6) is 5.75 Å². The molecule has 0 heterocycles. The van der Waals surface area contributed by atoms with Gasteiger partial charge in [0.25, 0.3) is 0 Å². The minimum absolute atomic E-state index is 0.287. The zero-order chi connectivity index (χ0) is 13.7. The van der Waals surface area contributed by atoms with E-state index in [1.165, 1.54) is 0 Å². The van der Waals surface area contributed by atoms with Crippen molar-refractivity contribution in [1.29, 1.82) is 0 Å². The molecule has 1 aromatic carbocycles. The molecule has 0 aliphatic carbocycles. The highest BCUT2D eigenvalue weighted by Gasteiger charge is 2.13. The number of ether oxygens (including phenoxy) is 1. The molecule has 0 aliphatic rings. The van der Waals surface area contributed by atoms with Crippen molar-refractivity contribution in [3.63, 3.8) is 0 Å². The fraction of sp³-hybridized carbons (Fsp3) is 0.462. The maximum atomic E-state index is 11.0. The largest absolute Gasteiger partial charge is 0.492 e. The minimum atomic E-state index is -0.356. The zero-order valence-corrected chi connectivity index (χ0v) is 12.3. The van der Waals surface area contributed by atoms with E-state index in [0.717, 1.165) is 27.8 Å². The topological polar surface area (TPSA) is 78.3 Å². The Balaban J connectivity index is 2.89. The van der Waals surface area contributed by atoms with Crippen LogP contribution in [0.15, 0.2) is 16.6 Å². The maximum absolute atomic E-state index is 11.0. The molecule has 0 spiro atoms. The van der Waals surface area contributed by atoms with Crippen LogP contribution in [-0.4, -0.2) is 19.1 Å². The van der Waals surface area contributed by atoms with Gasteiger partial charge in [0, 0.05) is 4.47 Å². The molecule has 1 aromatic rings. The first-order valence-electron chi connectivity index (χ1n) is 5.87. The summed E-state index contributed by atoms with van der Waals surface area (Å²) in [5.41, 5.74) is 12.9. The molecule has 0 saturated carbocycles. The molecule has 18 heavy (non-hydrogen) atoms. The first-order chi connectivity index (χ1) is 8.45. The molecule has 4 nitrogen and oxygen atoms in total. The van der Waals surface area contributed by atoms with Crippen molar-refractivity contribution in [1.82, 2.24) is 0 Å². The summed E-state index contributed by atoms with van der Waals surface area (Å²) < 4.78 is 6.72. The van der Waals surface area contributed by atoms with Gasteiger partial charge in [0.15, 0.2) is 0 Å². The van der Waals surface area contributed by atoms with Crippen LogP contribution in [0, 0.1) is 12.8 Å². The average Bonchev–Trinajstić information content (AvgIpc) is 2.27. The van der Waals surface area contributed by atoms with Crippen LogP contribution in [-0.2, 0) is 11.2 Å². The van der Waals surface area contributed by atoms with Gasteiger partial charge in [0.2, 0.25) is 5.91 Å². The minimum Gasteiger partial charge on any atom is -0.492 e. The third kappa shape index (κ3) is 3.99. The Labute approximate surface area is 116 Å². The van der Waals surface area contributed by atoms with E-state index in [1.54, 1.807) is 6.92 Å². The summed E-state index contributed by atoms with van der Waals surface area (Å²) in [6.45, 7) is 4.56. The Kier molecular flexibility index (Phi) is 5.62. The zero-order valence-electron chi connectivity index (χ0n) is 10.7. The molecule has 5 heteroatoms. The van der Waals surface area contributed by atoms with E-state index in [4.69, 9.17) is 16.2 Å². The standard InChI is InChI=1S/C13H19BrN2O2/c1-8-5-11(14)6-10(3-4-15)12(8)18-7-9(2)13(16)17/h5-6,9H,3-4,7,15H2,1-2H3,(H2,16,17). The Morgan fingerprint density at radius 3 is 2.72 bits per heavy atom. The summed E-state index contributed by atoms with van der Waals surface area (Å²) in [6.07, 6.45) is 0.737. The van der Waals surface area contributed by atoms with Crippen molar-refractivity contribution in [2.24, 2.45) is 17.4 Å². The molecule has 100 valence electrons. The molecule has 1 rings (SSSR count). The van der Waals surface area contributed by atoms with Gasteiger partial charge in [0.1, 0.15) is 5.75 Å². The Morgan fingerprint density at radius 2 is 2.17 bits per heavy atom. The van der Waals surface area contributed by atoms with Gasteiger partial charge >= 0.3 is 0 Å². The number of primary amides is 1. The normalized spacial score (nSPS) is 12.2. The first kappa shape index (κ1) is 15.0. The van der Waals surface area contributed by atoms with Gasteiger partial charge in [-0.15, -0.1) is 0 Å². The molecule has 0 radical (unpaired) electrons. The molecule has 1 atom stereocenters. The van der Waals surface area contributed by atoms with Gasteiger partial charge in [-0.1, -0.05) is 22.9 Å². The van der Waals surface area contributed by atoms with E-state index in [1.807, 2.05) is 19.1 Å². The monoisotopic (exact) mass is 314 g/mol. The highest BCUT2D eigenvalue weighted by molar-refractivity contribution is 9.10. The van der Waals surface area contributed by atoms with Crippen molar-refractivity contribution in [2.45, 2.75) is 20.3 Å². The summed E-state index contributed by atoms with van der Waals surface area (Å²) in [6, 6.07) is 3.97. The second kappa shape index (κ2) is 6.75. The predicted molar refractivity (Wildman–Crippen MR) is 75.5 cm³/mol. The second-order valence-corrected chi connectivity index (χ2v) is 5.28. The fourth-order valence-corrected chi connectivity index (χ4v) is 2.26. The van der Waals surface area contributed by atoms with Crippen LogP contribution in [0.3, 0.4) is 0 Å². The first-order valence-corrected chi connectivity index (χ1v) is 6.66. The molecule has 0 aliphatic heterocycles. The molecule has 1 unspecified atom stereocenters. The number of aryl methyl sites for hydroxylation is 1. The number of hydrogen-bond donors (Lipinski definition) is 2. The Morgan fingerprint density at radius 1 is 1.50 bits per heavy atom. The van der Waals surface area contributed by atoms with Crippen molar-refractivity contribution in [2.75, 3.05) is 13.2 Å². The second-order valence-electron chi connectivity index (χ2n) is 4.36. The smallest absolute Gasteiger partial charge is 0.223 e. The lowest BCUT2D eigenvalue weighted by Crippen LogP contribution is -2.26. The van der Waals surface area contributed by atoms with Gasteiger partial charge in [0.05, 0.1) is 12.5 Å². The number of amides is 1. The molecule has 0 aromatic heterocycles. The Bertz CT molecular complexity index is 435. The van der Waals surface area contributed by atoms with Crippen LogP contribution in [0.2, 0.25) is 0 Å². The van der Waals surface area contributed by atoms with E-state index >= 15 is 0 Å². The summed E-state index contributed by atoms with van der Waals surface area (Å²) in [7, 11) is 0. The van der Waals surface area contributed by atoms with Crippen molar-refractivity contribution in [3.05, 3.63) is 27.7 Å². The number of halogens is 1. The van der Waals surface area contributed by atoms with Crippen LogP contribution in [0.4, 0.5) is 0 Å². The molecule has 0 bridgehead atoms. The summed E-state index contributed by atoms with van der Waals surface area (Å²) in [5.74, 6) is 0.140. The Hall–Kier alpha value is -1.07. The third-order valence-electron chi connectivity index (χ3n) is 2.69. The summed E-state index contributed by atoms with van der Waals surface area (Å²) >= 11 is 3.45. The van der Waals surface area contributed by atoms with Gasteiger partial charge in [-0.25, -0.2) is 0 Å². The van der Waals surface area contributed by atoms with Crippen molar-refractivity contribution >= 4 is 21.8 Å². The molecule has 4 N–H and O–H groups in total. The quantitative estimate of drug-likeness (QED) is 0.839. The summed E-state index contributed by atoms with van der Waals surface area (Å²) in [4.78, 5) is 11.0. The lowest BCUT2D eigenvalue weighted by molar-refractivity contribution is -0.122. The van der Waals surface area contributed by atoms with Gasteiger partial charge in [-0.2, -0.15) is 0 Å². The maximum Gasteiger partial charge on any atom is 0.223 e. The van der Waals surface area contributed by atoms with Crippen LogP contribution < -0.4 is 16.2 Å². The highest BCUT2D eigenvalue weighted by Crippen LogP contribution is 2.28. The lowest BCUT2D eigenvalue weighted by atomic mass is 10.1. The molecule has 0 saturated heterocycles. The average molecular weight is 315 g/mol. The van der Waals surface area contributed by atoms with Crippen LogP contribution >= 0.6 is 15.9 Å². The molecule has 0 fully saturated rings. The highest BCUT2D eigenvalue weighted by atomic mass is 79.9. The molecular weight excluding hydrogens is 296 g/mol. The van der Waals surface area contributed by atoms with Crippen molar-refractivity contribution < 1.29 is 9.53 Å². The van der Waals surface area contributed by atoms with Crippen molar-refractivity contribution in [3.8, 4) is 5.75 Å². The van der Waals surface area contributed by atoms with E-state index in [-0.39, 0.29) is 18.4 Å². The van der Waals surface area contributed by atoms with Gasteiger partial charge < -0.3 is 16.2 Å². The predicted octanol–water partition coefficient (Wildman–Crippen LogP) is 1.76.